The molecule has 74 heavy (non-hydrogen) atoms. The van der Waals surface area contributed by atoms with Gasteiger partial charge in [0.1, 0.15) is 26.9 Å². The maximum Gasteiger partial charge on any atom is 1.00 e. The van der Waals surface area contributed by atoms with Crippen LogP contribution in [0.5, 0.6) is 11.5 Å². The number of anilines is 2. The molecule has 0 atom stereocenters. The molecule has 0 saturated carbocycles. The van der Waals surface area contributed by atoms with Crippen LogP contribution >= 0.6 is 0 Å². The van der Waals surface area contributed by atoms with Crippen molar-refractivity contribution in [3.05, 3.63) is 97.1 Å². The van der Waals surface area contributed by atoms with Crippen LogP contribution in [0.4, 0.5) is 38.9 Å². The van der Waals surface area contributed by atoms with E-state index < -0.39 is 89.0 Å². The zero-order valence-electron chi connectivity index (χ0n) is 39.0. The van der Waals surface area contributed by atoms with Gasteiger partial charge in [-0.3, -0.25) is 18.2 Å². The van der Waals surface area contributed by atoms with Crippen molar-refractivity contribution in [1.82, 2.24) is 10.6 Å². The minimum Gasteiger partial charge on any atom is -0.506 e. The largest absolute Gasteiger partial charge is 1.00 e. The molecule has 0 aliphatic carbocycles. The number of phenols is 2. The molecule has 14 N–H and O–H groups in total. The number of rotatable bonds is 18. The number of hydrogen-bond acceptors (Lipinski definition) is 21. The maximum absolute atomic E-state index is 13.0. The first-order chi connectivity index (χ1) is 33.8. The zero-order chi connectivity index (χ0) is 53.4. The van der Waals surface area contributed by atoms with Crippen molar-refractivity contribution in [3.8, 4) is 11.5 Å². The summed E-state index contributed by atoms with van der Waals surface area (Å²) in [6.45, 7) is 2.84. The Balaban J connectivity index is 0.00000103. The van der Waals surface area contributed by atoms with E-state index in [1.807, 2.05) is 0 Å². The Morgan fingerprint density at radius 3 is 1.23 bits per heavy atom. The summed E-state index contributed by atoms with van der Waals surface area (Å²) >= 11 is 0. The second-order valence-corrected chi connectivity index (χ2v) is 19.9. The number of azo groups is 2. The van der Waals surface area contributed by atoms with E-state index in [4.69, 9.17) is 29.5 Å². The number of hydrogen-bond donors (Lipinski definition) is 14. The second-order valence-electron chi connectivity index (χ2n) is 14.3. The summed E-state index contributed by atoms with van der Waals surface area (Å²) in [5.74, 6) is -1.50. The third-order valence-electron chi connectivity index (χ3n) is 9.10. The number of aliphatic hydroxyl groups is 4. The zero-order valence-corrected chi connectivity index (χ0v) is 46.2. The van der Waals surface area contributed by atoms with Crippen LogP contribution in [0.2, 0.25) is 0 Å². The first-order valence-corrected chi connectivity index (χ1v) is 26.0. The Hall–Kier alpha value is -4.69. The van der Waals surface area contributed by atoms with E-state index in [0.29, 0.717) is 26.2 Å². The molecule has 0 aliphatic rings. The van der Waals surface area contributed by atoms with Gasteiger partial charge in [-0.05, 0) is 102 Å². The van der Waals surface area contributed by atoms with Gasteiger partial charge >= 0.3 is 65.1 Å². The van der Waals surface area contributed by atoms with Gasteiger partial charge in [0.25, 0.3) is 40.5 Å². The molecular weight excluding hydrogens is 1080 g/mol. The van der Waals surface area contributed by atoms with Gasteiger partial charge in [0.05, 0.1) is 47.6 Å². The van der Waals surface area contributed by atoms with Crippen LogP contribution in [0.15, 0.2) is 137 Å². The van der Waals surface area contributed by atoms with E-state index in [1.54, 1.807) is 0 Å². The molecular formula is C41H46N8Na2O19S4+2. The summed E-state index contributed by atoms with van der Waals surface area (Å²) in [7, 11) is -19.1. The minimum absolute atomic E-state index is 0. The molecule has 0 aromatic heterocycles. The first kappa shape index (κ1) is 65.4. The van der Waals surface area contributed by atoms with Crippen LogP contribution in [0.1, 0.15) is 0 Å². The van der Waals surface area contributed by atoms with Crippen molar-refractivity contribution >= 4 is 102 Å². The predicted octanol–water partition coefficient (Wildman–Crippen LogP) is -2.00. The van der Waals surface area contributed by atoms with Gasteiger partial charge < -0.3 is 51.9 Å². The van der Waals surface area contributed by atoms with Crippen molar-refractivity contribution in [2.75, 3.05) is 63.2 Å². The summed E-state index contributed by atoms with van der Waals surface area (Å²) < 4.78 is 133. The molecule has 0 saturated heterocycles. The summed E-state index contributed by atoms with van der Waals surface area (Å²) in [4.78, 5) is 10.4. The second kappa shape index (κ2) is 29.6. The molecule has 33 heteroatoms. The number of carbonyl (C=O) groups is 1. The Labute approximate surface area is 467 Å². The van der Waals surface area contributed by atoms with Crippen molar-refractivity contribution in [2.24, 2.45) is 20.5 Å². The number of aromatic hydroxyl groups is 2. The monoisotopic (exact) mass is 1130 g/mol. The van der Waals surface area contributed by atoms with Crippen molar-refractivity contribution < 1.29 is 146 Å². The van der Waals surface area contributed by atoms with E-state index in [0.717, 1.165) is 60.7 Å². The first-order valence-electron chi connectivity index (χ1n) is 20.3. The van der Waals surface area contributed by atoms with E-state index in [2.05, 4.69) is 41.7 Å². The standard InChI is InChI=1S/C33H24N6O15S4.2C4H11NO2.2Na/c40-27-15-17-13-22(6-12-26(17)32(58(52,53)54)29(27)38-36-19-1-7-23(8-2-19)55(43,44)45)35-33(42)34-21-5-11-25-18(14-21)16-28(57(49,50)51)30(31(25)41)39-37-20-3-9-24(10-4-20)56(46,47)48;2*6-3-1-5-2-4-7;;/h1-16,40-41H,(H2,34,35,42)(H,43,44,45)(H,46,47,48)(H,49,50,51)(H,52,53,54);2*5-7H,1-4H2;;/q;;;2*+1. The fourth-order valence-electron chi connectivity index (χ4n) is 5.95. The molecule has 0 unspecified atom stereocenters. The third-order valence-corrected chi connectivity index (χ3v) is 12.6. The van der Waals surface area contributed by atoms with Crippen molar-refractivity contribution in [3.63, 3.8) is 0 Å². The van der Waals surface area contributed by atoms with E-state index in [1.165, 1.54) is 36.4 Å². The smallest absolute Gasteiger partial charge is 0.506 e. The number of amides is 2. The fraction of sp³-hybridized carbons (Fsp3) is 0.195. The number of carbonyl (C=O) groups excluding carboxylic acids is 1. The number of fused-ring (bicyclic) bond motifs is 2. The van der Waals surface area contributed by atoms with Gasteiger partial charge in [0.15, 0.2) is 5.75 Å². The Morgan fingerprint density at radius 2 is 0.851 bits per heavy atom. The Morgan fingerprint density at radius 1 is 0.459 bits per heavy atom. The summed E-state index contributed by atoms with van der Waals surface area (Å²) in [5.41, 5.74) is -1.27. The molecule has 0 radical (unpaired) electrons. The number of phenolic OH excluding ortho intramolecular Hbond substituents is 2. The topological polar surface area (TPSA) is 453 Å². The third kappa shape index (κ3) is 19.5. The van der Waals surface area contributed by atoms with Crippen LogP contribution in [0.3, 0.4) is 0 Å². The molecule has 0 bridgehead atoms. The van der Waals surface area contributed by atoms with E-state index in [9.17, 15) is 57.8 Å². The molecule has 388 valence electrons. The average Bonchev–Trinajstić information content (AvgIpc) is 3.30. The van der Waals surface area contributed by atoms with Gasteiger partial charge in [-0.15, -0.1) is 10.2 Å². The molecule has 0 fully saturated rings. The molecule has 2 amide bonds. The van der Waals surface area contributed by atoms with E-state index in [-0.39, 0.29) is 130 Å². The van der Waals surface area contributed by atoms with E-state index >= 15 is 0 Å². The molecule has 6 aromatic carbocycles. The molecule has 6 rings (SSSR count). The molecule has 0 spiro atoms. The average molecular weight is 1130 g/mol. The van der Waals surface area contributed by atoms with Crippen LogP contribution in [-0.2, 0) is 40.5 Å². The molecule has 0 aliphatic heterocycles. The van der Waals surface area contributed by atoms with Gasteiger partial charge in [0.2, 0.25) is 0 Å². The van der Waals surface area contributed by atoms with Crippen molar-refractivity contribution in [1.29, 1.82) is 0 Å². The number of nitrogens with one attached hydrogen (secondary N) is 4. The SMILES string of the molecule is O=C(Nc1ccc2c(O)c(N=Nc3ccc(S(=O)(=O)O)cc3)c(S(=O)(=O)O)cc2c1)Nc1ccc2c(S(=O)(=O)O)c(N=Nc3ccc(S(=O)(=O)O)cc3)c(O)cc2c1.OCCNCCO.OCCNCCO.[Na+].[Na+]. The summed E-state index contributed by atoms with van der Waals surface area (Å²) in [5, 5.41) is 79.6. The van der Waals surface area contributed by atoms with Crippen LogP contribution in [0.25, 0.3) is 21.5 Å². The minimum atomic E-state index is -5.08. The van der Waals surface area contributed by atoms with Crippen LogP contribution in [-0.4, -0.2) is 141 Å². The molecule has 6 aromatic rings. The normalized spacial score (nSPS) is 11.8. The quantitative estimate of drug-likeness (QED) is 0.0191. The fourth-order valence-corrected chi connectivity index (χ4v) is 8.42. The summed E-state index contributed by atoms with van der Waals surface area (Å²) in [6.07, 6.45) is 0. The van der Waals surface area contributed by atoms with Gasteiger partial charge in [-0.1, -0.05) is 6.07 Å². The number of urea groups is 1. The predicted molar refractivity (Wildman–Crippen MR) is 258 cm³/mol. The Bertz CT molecular complexity index is 3300. The van der Waals surface area contributed by atoms with Crippen LogP contribution in [0, 0.1) is 0 Å². The maximum atomic E-state index is 13.0. The van der Waals surface area contributed by atoms with Crippen LogP contribution < -0.4 is 80.4 Å². The number of nitrogens with zero attached hydrogens (tertiary/aromatic N) is 4. The van der Waals surface area contributed by atoms with Gasteiger partial charge in [-0.2, -0.15) is 43.9 Å². The number of benzene rings is 6. The number of aliphatic hydroxyl groups excluding tert-OH is 4. The van der Waals surface area contributed by atoms with Gasteiger partial charge in [-0.25, -0.2) is 4.79 Å². The molecule has 27 nitrogen and oxygen atoms in total. The molecule has 0 heterocycles. The van der Waals surface area contributed by atoms with Gasteiger partial charge in [0, 0.05) is 48.3 Å². The van der Waals surface area contributed by atoms with Crippen molar-refractivity contribution in [2.45, 2.75) is 19.6 Å². The summed E-state index contributed by atoms with van der Waals surface area (Å²) in [6, 6.07) is 17.2. The Kier molecular flexibility index (Phi) is 26.1.